The van der Waals surface area contributed by atoms with Crippen molar-refractivity contribution in [2.75, 3.05) is 25.9 Å². The number of nitrogens with two attached hydrogens (primary N) is 1. The highest BCUT2D eigenvalue weighted by Crippen LogP contribution is 2.34. The van der Waals surface area contributed by atoms with E-state index in [1.54, 1.807) is 0 Å². The molecule has 1 aromatic heterocycles. The Morgan fingerprint density at radius 1 is 1.29 bits per heavy atom. The van der Waals surface area contributed by atoms with Crippen LogP contribution in [0.4, 0.5) is 5.82 Å². The van der Waals surface area contributed by atoms with Gasteiger partial charge in [-0.3, -0.25) is 9.69 Å². The lowest BCUT2D eigenvalue weighted by molar-refractivity contribution is 0.0887. The molecule has 1 fully saturated rings. The van der Waals surface area contributed by atoms with Crippen molar-refractivity contribution in [3.05, 3.63) is 54.0 Å². The molecule has 0 aliphatic carbocycles. The second-order valence-electron chi connectivity index (χ2n) is 6.24. The third-order valence-corrected chi connectivity index (χ3v) is 4.61. The van der Waals surface area contributed by atoms with E-state index >= 15 is 0 Å². The molecular formula is C18H23N5O. The van der Waals surface area contributed by atoms with Gasteiger partial charge in [0.2, 0.25) is 0 Å². The third kappa shape index (κ3) is 3.54. The van der Waals surface area contributed by atoms with Crippen molar-refractivity contribution in [2.45, 2.75) is 18.9 Å². The smallest absolute Gasteiger partial charge is 0.273 e. The molecule has 2 heterocycles. The van der Waals surface area contributed by atoms with Gasteiger partial charge in [-0.1, -0.05) is 30.3 Å². The SMILES string of the molecule is CN1CCCC(CNC(=O)c2nccnc2N)C1c1ccccc1. The van der Waals surface area contributed by atoms with Crippen LogP contribution in [-0.2, 0) is 0 Å². The van der Waals surface area contributed by atoms with Crippen LogP contribution < -0.4 is 11.1 Å². The second-order valence-corrected chi connectivity index (χ2v) is 6.24. The van der Waals surface area contributed by atoms with Gasteiger partial charge < -0.3 is 11.1 Å². The zero-order valence-electron chi connectivity index (χ0n) is 13.9. The number of nitrogen functional groups attached to an aromatic ring is 1. The van der Waals surface area contributed by atoms with Gasteiger partial charge in [-0.15, -0.1) is 0 Å². The number of carbonyl (C=O) groups is 1. The Morgan fingerprint density at radius 3 is 2.79 bits per heavy atom. The number of carbonyl (C=O) groups excluding carboxylic acids is 1. The van der Waals surface area contributed by atoms with Crippen LogP contribution in [0.1, 0.15) is 34.9 Å². The number of amides is 1. The van der Waals surface area contributed by atoms with Gasteiger partial charge in [-0.2, -0.15) is 0 Å². The number of hydrogen-bond donors (Lipinski definition) is 2. The van der Waals surface area contributed by atoms with E-state index < -0.39 is 0 Å². The molecule has 2 atom stereocenters. The second kappa shape index (κ2) is 7.40. The van der Waals surface area contributed by atoms with Crippen molar-refractivity contribution in [1.29, 1.82) is 0 Å². The van der Waals surface area contributed by atoms with Crippen molar-refractivity contribution in [1.82, 2.24) is 20.2 Å². The molecule has 1 aliphatic rings. The summed E-state index contributed by atoms with van der Waals surface area (Å²) in [6.07, 6.45) is 5.17. The molecule has 24 heavy (non-hydrogen) atoms. The molecule has 1 saturated heterocycles. The number of aromatic nitrogens is 2. The molecule has 0 bridgehead atoms. The highest BCUT2D eigenvalue weighted by molar-refractivity contribution is 5.96. The fourth-order valence-electron chi connectivity index (χ4n) is 3.48. The molecule has 0 radical (unpaired) electrons. The molecular weight excluding hydrogens is 302 g/mol. The van der Waals surface area contributed by atoms with Crippen LogP contribution >= 0.6 is 0 Å². The van der Waals surface area contributed by atoms with E-state index in [1.165, 1.54) is 18.0 Å². The van der Waals surface area contributed by atoms with Crippen molar-refractivity contribution in [3.8, 4) is 0 Å². The minimum atomic E-state index is -0.263. The van der Waals surface area contributed by atoms with Crippen LogP contribution in [0.15, 0.2) is 42.7 Å². The molecule has 2 aromatic rings. The van der Waals surface area contributed by atoms with Gasteiger partial charge in [-0.25, -0.2) is 9.97 Å². The Hall–Kier alpha value is -2.47. The number of piperidine rings is 1. The Balaban J connectivity index is 1.71. The molecule has 0 saturated carbocycles. The molecule has 3 N–H and O–H groups in total. The van der Waals surface area contributed by atoms with E-state index in [9.17, 15) is 4.79 Å². The standard InChI is InChI=1S/C18H23N5O/c1-23-11-5-8-14(16(23)13-6-3-2-4-7-13)12-22-18(24)15-17(19)21-10-9-20-15/h2-4,6-7,9-10,14,16H,5,8,11-12H2,1H3,(H2,19,21)(H,22,24). The van der Waals surface area contributed by atoms with Crippen LogP contribution in [0.3, 0.4) is 0 Å². The summed E-state index contributed by atoms with van der Waals surface area (Å²) in [6, 6.07) is 10.8. The molecule has 0 spiro atoms. The Morgan fingerprint density at radius 2 is 2.04 bits per heavy atom. The van der Waals surface area contributed by atoms with Crippen molar-refractivity contribution < 1.29 is 4.79 Å². The molecule has 1 aliphatic heterocycles. The van der Waals surface area contributed by atoms with Gasteiger partial charge in [0.25, 0.3) is 5.91 Å². The number of benzene rings is 1. The minimum absolute atomic E-state index is 0.162. The van der Waals surface area contributed by atoms with Gasteiger partial charge in [0.15, 0.2) is 11.5 Å². The lowest BCUT2D eigenvalue weighted by Crippen LogP contribution is -2.42. The number of nitrogens with one attached hydrogen (secondary N) is 1. The van der Waals surface area contributed by atoms with Crippen LogP contribution in [0.25, 0.3) is 0 Å². The predicted molar refractivity (Wildman–Crippen MR) is 93.3 cm³/mol. The average molecular weight is 325 g/mol. The highest BCUT2D eigenvalue weighted by atomic mass is 16.1. The summed E-state index contributed by atoms with van der Waals surface area (Å²) in [6.45, 7) is 1.67. The van der Waals surface area contributed by atoms with Crippen LogP contribution in [0.5, 0.6) is 0 Å². The van der Waals surface area contributed by atoms with Crippen LogP contribution in [-0.4, -0.2) is 40.9 Å². The third-order valence-electron chi connectivity index (χ3n) is 4.61. The fraction of sp³-hybridized carbons (Fsp3) is 0.389. The molecule has 1 amide bonds. The average Bonchev–Trinajstić information content (AvgIpc) is 2.61. The Bertz CT molecular complexity index is 691. The van der Waals surface area contributed by atoms with Crippen LogP contribution in [0, 0.1) is 5.92 Å². The zero-order valence-corrected chi connectivity index (χ0v) is 13.9. The fourth-order valence-corrected chi connectivity index (χ4v) is 3.48. The van der Waals surface area contributed by atoms with Crippen molar-refractivity contribution in [3.63, 3.8) is 0 Å². The summed E-state index contributed by atoms with van der Waals surface area (Å²) in [5, 5.41) is 2.98. The molecule has 6 heteroatoms. The first kappa shape index (κ1) is 16.4. The summed E-state index contributed by atoms with van der Waals surface area (Å²) in [4.78, 5) is 22.6. The summed E-state index contributed by atoms with van der Waals surface area (Å²) in [5.41, 5.74) is 7.21. The maximum atomic E-state index is 12.3. The topological polar surface area (TPSA) is 84.1 Å². The number of nitrogens with zero attached hydrogens (tertiary/aromatic N) is 3. The summed E-state index contributed by atoms with van der Waals surface area (Å²) in [7, 11) is 2.15. The first-order valence-electron chi connectivity index (χ1n) is 8.26. The largest absolute Gasteiger partial charge is 0.382 e. The summed E-state index contributed by atoms with van der Waals surface area (Å²) in [5.74, 6) is 0.254. The van der Waals surface area contributed by atoms with Gasteiger partial charge >= 0.3 is 0 Å². The number of hydrogen-bond acceptors (Lipinski definition) is 5. The van der Waals surface area contributed by atoms with E-state index in [0.29, 0.717) is 18.5 Å². The maximum absolute atomic E-state index is 12.3. The molecule has 1 aromatic carbocycles. The van der Waals surface area contributed by atoms with E-state index in [0.717, 1.165) is 19.4 Å². The van der Waals surface area contributed by atoms with E-state index in [4.69, 9.17) is 5.73 Å². The van der Waals surface area contributed by atoms with Gasteiger partial charge in [-0.05, 0) is 37.9 Å². The number of likely N-dealkylation sites (tertiary alicyclic amines) is 1. The highest BCUT2D eigenvalue weighted by Gasteiger charge is 2.30. The molecule has 2 unspecified atom stereocenters. The zero-order chi connectivity index (χ0) is 16.9. The maximum Gasteiger partial charge on any atom is 0.273 e. The van der Waals surface area contributed by atoms with Crippen LogP contribution in [0.2, 0.25) is 0 Å². The monoisotopic (exact) mass is 325 g/mol. The van der Waals surface area contributed by atoms with Gasteiger partial charge in [0.05, 0.1) is 0 Å². The Kier molecular flexibility index (Phi) is 5.05. The predicted octanol–water partition coefficient (Wildman–Crippen LogP) is 1.87. The Labute approximate surface area is 142 Å². The number of anilines is 1. The van der Waals surface area contributed by atoms with Crippen molar-refractivity contribution in [2.24, 2.45) is 5.92 Å². The lowest BCUT2D eigenvalue weighted by atomic mass is 9.85. The summed E-state index contributed by atoms with van der Waals surface area (Å²) < 4.78 is 0. The van der Waals surface area contributed by atoms with Gasteiger partial charge in [0.1, 0.15) is 0 Å². The van der Waals surface area contributed by atoms with E-state index in [1.807, 2.05) is 6.07 Å². The quantitative estimate of drug-likeness (QED) is 0.896. The molecule has 6 nitrogen and oxygen atoms in total. The van der Waals surface area contributed by atoms with Gasteiger partial charge in [0, 0.05) is 25.0 Å². The molecule has 3 rings (SSSR count). The first-order valence-corrected chi connectivity index (χ1v) is 8.26. The van der Waals surface area contributed by atoms with E-state index in [-0.39, 0.29) is 17.4 Å². The lowest BCUT2D eigenvalue weighted by Gasteiger charge is -2.39. The minimum Gasteiger partial charge on any atom is -0.382 e. The van der Waals surface area contributed by atoms with Crippen molar-refractivity contribution >= 4 is 11.7 Å². The normalized spacial score (nSPS) is 21.4. The summed E-state index contributed by atoms with van der Waals surface area (Å²) >= 11 is 0. The molecule has 126 valence electrons. The van der Waals surface area contributed by atoms with E-state index in [2.05, 4.69) is 51.5 Å². The first-order chi connectivity index (χ1) is 11.7. The number of rotatable bonds is 4.